The van der Waals surface area contributed by atoms with Gasteiger partial charge in [-0.15, -0.1) is 0 Å². The van der Waals surface area contributed by atoms with Crippen LogP contribution in [0.3, 0.4) is 0 Å². The number of fused-ring (bicyclic) bond motifs is 2. The third-order valence-electron chi connectivity index (χ3n) is 4.34. The van der Waals surface area contributed by atoms with Crippen molar-refractivity contribution >= 4 is 22.6 Å². The molecule has 0 spiro atoms. The predicted octanol–water partition coefficient (Wildman–Crippen LogP) is 1.97. The summed E-state index contributed by atoms with van der Waals surface area (Å²) in [6.45, 7) is 0.854. The van der Waals surface area contributed by atoms with Gasteiger partial charge in [0.2, 0.25) is 5.91 Å². The van der Waals surface area contributed by atoms with Crippen LogP contribution in [0.4, 0.5) is 5.69 Å². The first kappa shape index (κ1) is 13.1. The molecule has 0 aliphatic carbocycles. The van der Waals surface area contributed by atoms with Crippen molar-refractivity contribution in [3.05, 3.63) is 42.7 Å². The fourth-order valence-corrected chi connectivity index (χ4v) is 3.05. The zero-order valence-corrected chi connectivity index (χ0v) is 12.4. The Balaban J connectivity index is 1.51. The van der Waals surface area contributed by atoms with Crippen LogP contribution in [0, 0.1) is 5.92 Å². The van der Waals surface area contributed by atoms with Crippen molar-refractivity contribution in [2.75, 3.05) is 5.32 Å². The first-order valence-electron chi connectivity index (χ1n) is 7.41. The molecule has 1 amide bonds. The minimum absolute atomic E-state index is 0.00336. The van der Waals surface area contributed by atoms with E-state index >= 15 is 0 Å². The van der Waals surface area contributed by atoms with Gasteiger partial charge in [-0.3, -0.25) is 4.79 Å². The molecule has 1 unspecified atom stereocenters. The van der Waals surface area contributed by atoms with E-state index in [0.717, 1.165) is 41.8 Å². The number of carbonyl (C=O) groups is 1. The summed E-state index contributed by atoms with van der Waals surface area (Å²) < 4.78 is 4.08. The summed E-state index contributed by atoms with van der Waals surface area (Å²) in [5, 5.41) is 3.02. The van der Waals surface area contributed by atoms with Crippen molar-refractivity contribution in [2.45, 2.75) is 19.4 Å². The van der Waals surface area contributed by atoms with Gasteiger partial charge >= 0.3 is 0 Å². The Labute approximate surface area is 127 Å². The molecule has 1 aliphatic rings. The van der Waals surface area contributed by atoms with E-state index in [2.05, 4.69) is 19.9 Å². The lowest BCUT2D eigenvalue weighted by Crippen LogP contribution is -2.29. The third-order valence-corrected chi connectivity index (χ3v) is 4.34. The second-order valence-corrected chi connectivity index (χ2v) is 5.82. The molecule has 0 radical (unpaired) electrons. The van der Waals surface area contributed by atoms with Gasteiger partial charge in [-0.2, -0.15) is 0 Å². The van der Waals surface area contributed by atoms with Crippen LogP contribution >= 0.6 is 0 Å². The highest BCUT2D eigenvalue weighted by molar-refractivity contribution is 5.94. The summed E-state index contributed by atoms with van der Waals surface area (Å²) >= 11 is 0. The number of nitrogens with one attached hydrogen (secondary N) is 1. The standard InChI is InChI=1S/C16H17N5O/c1-20-10-18-14-7-12(2-3-15(14)20)19-16(22)11-4-5-21-9-17-8-13(21)6-11/h2-3,7-11H,4-6H2,1H3,(H,19,22). The molecular weight excluding hydrogens is 278 g/mol. The molecule has 2 aromatic heterocycles. The summed E-state index contributed by atoms with van der Waals surface area (Å²) in [6, 6.07) is 5.82. The molecule has 0 bridgehead atoms. The highest BCUT2D eigenvalue weighted by Crippen LogP contribution is 2.23. The zero-order valence-electron chi connectivity index (χ0n) is 12.4. The van der Waals surface area contributed by atoms with Crippen molar-refractivity contribution in [2.24, 2.45) is 13.0 Å². The van der Waals surface area contributed by atoms with E-state index in [1.54, 1.807) is 6.33 Å². The van der Waals surface area contributed by atoms with E-state index in [1.807, 2.05) is 42.3 Å². The maximum absolute atomic E-state index is 12.5. The number of imidazole rings is 2. The number of hydrogen-bond acceptors (Lipinski definition) is 3. The van der Waals surface area contributed by atoms with E-state index in [-0.39, 0.29) is 11.8 Å². The van der Waals surface area contributed by atoms with Gasteiger partial charge in [0.05, 0.1) is 23.7 Å². The van der Waals surface area contributed by atoms with Gasteiger partial charge < -0.3 is 14.5 Å². The molecule has 4 rings (SSSR count). The van der Waals surface area contributed by atoms with Crippen LogP contribution in [-0.4, -0.2) is 25.0 Å². The van der Waals surface area contributed by atoms with Gasteiger partial charge in [0.15, 0.2) is 0 Å². The molecule has 1 N–H and O–H groups in total. The van der Waals surface area contributed by atoms with Crippen molar-refractivity contribution in [3.63, 3.8) is 0 Å². The molecule has 1 atom stereocenters. The van der Waals surface area contributed by atoms with Gasteiger partial charge in [-0.05, 0) is 24.6 Å². The molecule has 0 saturated carbocycles. The van der Waals surface area contributed by atoms with Gasteiger partial charge in [0.1, 0.15) is 0 Å². The molecule has 3 heterocycles. The number of aryl methyl sites for hydroxylation is 2. The van der Waals surface area contributed by atoms with Crippen LogP contribution in [0.15, 0.2) is 37.1 Å². The Morgan fingerprint density at radius 1 is 1.36 bits per heavy atom. The molecule has 1 aromatic carbocycles. The number of hydrogen-bond donors (Lipinski definition) is 1. The highest BCUT2D eigenvalue weighted by atomic mass is 16.1. The van der Waals surface area contributed by atoms with E-state index in [1.165, 1.54) is 0 Å². The minimum atomic E-state index is 0.00336. The van der Waals surface area contributed by atoms with Gasteiger partial charge in [-0.1, -0.05) is 0 Å². The van der Waals surface area contributed by atoms with Crippen LogP contribution in [-0.2, 0) is 24.8 Å². The zero-order chi connectivity index (χ0) is 15.1. The van der Waals surface area contributed by atoms with Crippen LogP contribution < -0.4 is 5.32 Å². The largest absolute Gasteiger partial charge is 0.335 e. The Bertz CT molecular complexity index is 847. The van der Waals surface area contributed by atoms with Crippen LogP contribution in [0.5, 0.6) is 0 Å². The van der Waals surface area contributed by atoms with Crippen molar-refractivity contribution in [1.29, 1.82) is 0 Å². The molecule has 1 aliphatic heterocycles. The molecule has 0 saturated heterocycles. The molecule has 3 aromatic rings. The normalized spacial score (nSPS) is 17.4. The van der Waals surface area contributed by atoms with E-state index in [0.29, 0.717) is 0 Å². The van der Waals surface area contributed by atoms with E-state index < -0.39 is 0 Å². The first-order valence-corrected chi connectivity index (χ1v) is 7.41. The average Bonchev–Trinajstić information content (AvgIpc) is 3.13. The fraction of sp³-hybridized carbons (Fsp3) is 0.312. The van der Waals surface area contributed by atoms with Gasteiger partial charge in [-0.25, -0.2) is 9.97 Å². The quantitative estimate of drug-likeness (QED) is 0.786. The fourth-order valence-electron chi connectivity index (χ4n) is 3.05. The van der Waals surface area contributed by atoms with Crippen molar-refractivity contribution < 1.29 is 4.79 Å². The number of rotatable bonds is 2. The summed E-state index contributed by atoms with van der Waals surface area (Å²) in [5.74, 6) is 0.0753. The Hall–Kier alpha value is -2.63. The number of anilines is 1. The molecule has 22 heavy (non-hydrogen) atoms. The number of nitrogens with zero attached hydrogens (tertiary/aromatic N) is 4. The Morgan fingerprint density at radius 2 is 2.27 bits per heavy atom. The monoisotopic (exact) mass is 295 g/mol. The highest BCUT2D eigenvalue weighted by Gasteiger charge is 2.24. The molecular formula is C16H17N5O. The number of aromatic nitrogens is 4. The summed E-state index contributed by atoms with van der Waals surface area (Å²) in [7, 11) is 1.96. The van der Waals surface area contributed by atoms with Crippen molar-refractivity contribution in [3.8, 4) is 0 Å². The third kappa shape index (κ3) is 2.16. The number of amides is 1. The maximum atomic E-state index is 12.5. The SMILES string of the molecule is Cn1cnc2cc(NC(=O)C3CCn4cncc4C3)ccc21. The summed E-state index contributed by atoms with van der Waals surface area (Å²) in [6.07, 6.45) is 7.05. The number of benzene rings is 1. The van der Waals surface area contributed by atoms with Gasteiger partial charge in [0, 0.05) is 43.5 Å². The van der Waals surface area contributed by atoms with Crippen LogP contribution in [0.2, 0.25) is 0 Å². The Kier molecular flexibility index (Phi) is 2.96. The van der Waals surface area contributed by atoms with E-state index in [4.69, 9.17) is 0 Å². The lowest BCUT2D eigenvalue weighted by molar-refractivity contribution is -0.120. The van der Waals surface area contributed by atoms with Gasteiger partial charge in [0.25, 0.3) is 0 Å². The van der Waals surface area contributed by atoms with Crippen molar-refractivity contribution in [1.82, 2.24) is 19.1 Å². The Morgan fingerprint density at radius 3 is 3.18 bits per heavy atom. The first-order chi connectivity index (χ1) is 10.7. The van der Waals surface area contributed by atoms with E-state index in [9.17, 15) is 4.79 Å². The van der Waals surface area contributed by atoms with Crippen LogP contribution in [0.1, 0.15) is 12.1 Å². The molecule has 6 heteroatoms. The molecule has 0 fully saturated rings. The predicted molar refractivity (Wildman–Crippen MR) is 83.4 cm³/mol. The molecule has 112 valence electrons. The summed E-state index contributed by atoms with van der Waals surface area (Å²) in [4.78, 5) is 20.9. The second kappa shape index (κ2) is 4.98. The maximum Gasteiger partial charge on any atom is 0.227 e. The topological polar surface area (TPSA) is 64.7 Å². The summed E-state index contributed by atoms with van der Waals surface area (Å²) in [5.41, 5.74) is 3.88. The minimum Gasteiger partial charge on any atom is -0.335 e. The second-order valence-electron chi connectivity index (χ2n) is 5.82. The average molecular weight is 295 g/mol. The lowest BCUT2D eigenvalue weighted by atomic mass is 9.95. The molecule has 6 nitrogen and oxygen atoms in total. The lowest BCUT2D eigenvalue weighted by Gasteiger charge is -2.23. The number of carbonyl (C=O) groups excluding carboxylic acids is 1. The van der Waals surface area contributed by atoms with Crippen LogP contribution in [0.25, 0.3) is 11.0 Å². The smallest absolute Gasteiger partial charge is 0.227 e.